The van der Waals surface area contributed by atoms with Gasteiger partial charge in [-0.3, -0.25) is 0 Å². The van der Waals surface area contributed by atoms with E-state index in [1.165, 1.54) is 25.7 Å². The Labute approximate surface area is 144 Å². The molecule has 4 saturated carbocycles. The van der Waals surface area contributed by atoms with Crippen LogP contribution in [0.3, 0.4) is 0 Å². The van der Waals surface area contributed by atoms with Crippen LogP contribution in [-0.4, -0.2) is 46.8 Å². The van der Waals surface area contributed by atoms with E-state index in [0.29, 0.717) is 25.4 Å². The molecule has 2 aliphatic heterocycles. The molecule has 10 atom stereocenters. The van der Waals surface area contributed by atoms with Gasteiger partial charge in [0.15, 0.2) is 0 Å². The van der Waals surface area contributed by atoms with Crippen LogP contribution < -0.4 is 0 Å². The second-order valence-electron chi connectivity index (χ2n) is 10.5. The molecular formula is C20H32O4. The van der Waals surface area contributed by atoms with Gasteiger partial charge in [0.1, 0.15) is 0 Å². The van der Waals surface area contributed by atoms with Crippen molar-refractivity contribution in [3.63, 3.8) is 0 Å². The molecule has 6 rings (SSSR count). The third-order valence-corrected chi connectivity index (χ3v) is 9.08. The Kier molecular flexibility index (Phi) is 2.93. The predicted molar refractivity (Wildman–Crippen MR) is 89.4 cm³/mol. The van der Waals surface area contributed by atoms with E-state index < -0.39 is 0 Å². The van der Waals surface area contributed by atoms with E-state index in [0.717, 1.165) is 23.7 Å². The van der Waals surface area contributed by atoms with Crippen LogP contribution in [0.15, 0.2) is 0 Å². The SMILES string of the molecule is C[C@]1(CO)[C@@H]2C[C@H]3O[C@@]3(C)C[C@@H]21.C[C@]1(CO)[C@@H]2C[C@H]3O[C@@]3(C)C[C@@H]21. The van der Waals surface area contributed by atoms with Gasteiger partial charge >= 0.3 is 0 Å². The Bertz CT molecular complexity index is 530. The lowest BCUT2D eigenvalue weighted by molar-refractivity contribution is 0.189. The van der Waals surface area contributed by atoms with Crippen molar-refractivity contribution in [1.29, 1.82) is 0 Å². The Hall–Kier alpha value is -0.160. The summed E-state index contributed by atoms with van der Waals surface area (Å²) in [6.45, 7) is 9.59. The van der Waals surface area contributed by atoms with Crippen LogP contribution in [-0.2, 0) is 9.47 Å². The molecule has 0 unspecified atom stereocenters. The van der Waals surface area contributed by atoms with Crippen molar-refractivity contribution in [2.24, 2.45) is 34.5 Å². The van der Waals surface area contributed by atoms with Crippen molar-refractivity contribution in [1.82, 2.24) is 0 Å². The fraction of sp³-hybridized carbons (Fsp3) is 1.00. The normalized spacial score (nSPS) is 66.8. The number of epoxide rings is 2. The molecule has 24 heavy (non-hydrogen) atoms. The highest BCUT2D eigenvalue weighted by Gasteiger charge is 2.73. The van der Waals surface area contributed by atoms with E-state index in [1.54, 1.807) is 0 Å². The Morgan fingerprint density at radius 2 is 1.08 bits per heavy atom. The second-order valence-corrected chi connectivity index (χ2v) is 10.5. The summed E-state index contributed by atoms with van der Waals surface area (Å²) in [6, 6.07) is 0. The van der Waals surface area contributed by atoms with Gasteiger partial charge in [-0.1, -0.05) is 13.8 Å². The lowest BCUT2D eigenvalue weighted by atomic mass is 9.91. The number of aliphatic hydroxyl groups is 2. The van der Waals surface area contributed by atoms with Crippen LogP contribution in [0, 0.1) is 34.5 Å². The molecule has 6 aliphatic rings. The molecule has 2 saturated heterocycles. The second kappa shape index (κ2) is 4.39. The van der Waals surface area contributed by atoms with E-state index in [1.807, 2.05) is 0 Å². The first-order valence-corrected chi connectivity index (χ1v) is 9.77. The first kappa shape index (κ1) is 16.0. The fourth-order valence-electron chi connectivity index (χ4n) is 6.49. The van der Waals surface area contributed by atoms with Crippen LogP contribution in [0.5, 0.6) is 0 Å². The molecule has 0 amide bonds. The number of ether oxygens (including phenoxy) is 2. The lowest BCUT2D eigenvalue weighted by Crippen LogP contribution is -2.16. The first-order valence-electron chi connectivity index (χ1n) is 9.77. The van der Waals surface area contributed by atoms with Gasteiger partial charge in [-0.05, 0) is 74.0 Å². The number of hydrogen-bond acceptors (Lipinski definition) is 4. The number of fused-ring (bicyclic) bond motifs is 4. The van der Waals surface area contributed by atoms with Gasteiger partial charge in [0.05, 0.1) is 23.4 Å². The highest BCUT2D eigenvalue weighted by molar-refractivity contribution is 5.21. The predicted octanol–water partition coefficient (Wildman–Crippen LogP) is 2.36. The van der Waals surface area contributed by atoms with Crippen LogP contribution in [0.4, 0.5) is 0 Å². The van der Waals surface area contributed by atoms with E-state index in [-0.39, 0.29) is 22.0 Å². The molecule has 6 fully saturated rings. The number of aliphatic hydroxyl groups excluding tert-OH is 2. The van der Waals surface area contributed by atoms with Crippen LogP contribution in [0.2, 0.25) is 0 Å². The van der Waals surface area contributed by atoms with Crippen molar-refractivity contribution < 1.29 is 19.7 Å². The van der Waals surface area contributed by atoms with Gasteiger partial charge in [0.25, 0.3) is 0 Å². The summed E-state index contributed by atoms with van der Waals surface area (Å²) in [6.07, 6.45) is 5.79. The molecule has 0 aromatic rings. The van der Waals surface area contributed by atoms with E-state index in [4.69, 9.17) is 9.47 Å². The fourth-order valence-corrected chi connectivity index (χ4v) is 6.49. The van der Waals surface area contributed by atoms with Crippen LogP contribution in [0.25, 0.3) is 0 Å². The summed E-state index contributed by atoms with van der Waals surface area (Å²) in [5.41, 5.74) is 0.905. The topological polar surface area (TPSA) is 65.5 Å². The van der Waals surface area contributed by atoms with Gasteiger partial charge in [0.2, 0.25) is 0 Å². The average molecular weight is 336 g/mol. The molecule has 4 heteroatoms. The molecule has 0 bridgehead atoms. The summed E-state index contributed by atoms with van der Waals surface area (Å²) in [7, 11) is 0. The van der Waals surface area contributed by atoms with Crippen molar-refractivity contribution in [3.05, 3.63) is 0 Å². The third-order valence-electron chi connectivity index (χ3n) is 9.08. The standard InChI is InChI=1S/2C10H16O2/c2*1-9(5-11)6-3-8-10(2,12-8)4-7(6)9/h2*6-8,11H,3-5H2,1-2H3/t2*6-,7+,8-,9+,10+/m11/s1. The zero-order valence-electron chi connectivity index (χ0n) is 15.4. The quantitative estimate of drug-likeness (QED) is 0.760. The molecule has 2 heterocycles. The molecule has 0 spiro atoms. The summed E-state index contributed by atoms with van der Waals surface area (Å²) in [5, 5.41) is 18.5. The molecule has 0 aromatic heterocycles. The van der Waals surface area contributed by atoms with Crippen molar-refractivity contribution in [3.8, 4) is 0 Å². The smallest absolute Gasteiger partial charge is 0.0923 e. The van der Waals surface area contributed by atoms with Gasteiger partial charge in [-0.25, -0.2) is 0 Å². The highest BCUT2D eigenvalue weighted by Crippen LogP contribution is 2.71. The molecule has 4 nitrogen and oxygen atoms in total. The van der Waals surface area contributed by atoms with Gasteiger partial charge in [0, 0.05) is 13.2 Å². The largest absolute Gasteiger partial charge is 0.396 e. The zero-order chi connectivity index (χ0) is 17.1. The van der Waals surface area contributed by atoms with Crippen molar-refractivity contribution in [2.45, 2.75) is 76.8 Å². The Morgan fingerprint density at radius 1 is 0.708 bits per heavy atom. The molecule has 0 radical (unpaired) electrons. The third kappa shape index (κ3) is 1.94. The summed E-state index contributed by atoms with van der Waals surface area (Å²) < 4.78 is 11.2. The monoisotopic (exact) mass is 336 g/mol. The number of rotatable bonds is 2. The van der Waals surface area contributed by atoms with E-state index in [2.05, 4.69) is 27.7 Å². The summed E-state index contributed by atoms with van der Waals surface area (Å²) >= 11 is 0. The highest BCUT2D eigenvalue weighted by atomic mass is 16.6. The summed E-state index contributed by atoms with van der Waals surface area (Å²) in [4.78, 5) is 0. The van der Waals surface area contributed by atoms with Crippen molar-refractivity contribution in [2.75, 3.05) is 13.2 Å². The van der Waals surface area contributed by atoms with Crippen LogP contribution in [0.1, 0.15) is 53.4 Å². The van der Waals surface area contributed by atoms with Gasteiger partial charge < -0.3 is 19.7 Å². The molecule has 2 N–H and O–H groups in total. The van der Waals surface area contributed by atoms with Crippen molar-refractivity contribution >= 4 is 0 Å². The first-order chi connectivity index (χ1) is 11.2. The Morgan fingerprint density at radius 3 is 1.38 bits per heavy atom. The molecule has 4 aliphatic carbocycles. The minimum absolute atomic E-state index is 0.202. The molecule has 136 valence electrons. The maximum absolute atomic E-state index is 9.24. The maximum Gasteiger partial charge on any atom is 0.0923 e. The summed E-state index contributed by atoms with van der Waals surface area (Å²) in [5.74, 6) is 2.99. The minimum Gasteiger partial charge on any atom is -0.396 e. The molecular weight excluding hydrogens is 304 g/mol. The molecule has 0 aromatic carbocycles. The van der Waals surface area contributed by atoms with E-state index >= 15 is 0 Å². The average Bonchev–Trinajstić information content (AvgIpc) is 3.48. The lowest BCUT2D eigenvalue weighted by Gasteiger charge is -2.09. The maximum atomic E-state index is 9.24. The van der Waals surface area contributed by atoms with E-state index in [9.17, 15) is 10.2 Å². The zero-order valence-corrected chi connectivity index (χ0v) is 15.4. The number of hydrogen-bond donors (Lipinski definition) is 2. The van der Waals surface area contributed by atoms with Gasteiger partial charge in [-0.15, -0.1) is 0 Å². The Balaban J connectivity index is 0.000000109. The minimum atomic E-state index is 0.202. The van der Waals surface area contributed by atoms with Gasteiger partial charge in [-0.2, -0.15) is 0 Å². The van der Waals surface area contributed by atoms with Crippen LogP contribution >= 0.6 is 0 Å².